The molecule has 2 aromatic heterocycles. The molecular formula is C27H34ClFN4O7S. The molecule has 11 nitrogen and oxygen atoms in total. The Balaban J connectivity index is 1.84. The number of carboxylic acid groups (broad SMARTS) is 1. The van der Waals surface area contributed by atoms with Crippen LogP contribution in [0.2, 0.25) is 5.28 Å². The van der Waals surface area contributed by atoms with Gasteiger partial charge in [-0.05, 0) is 36.3 Å². The first-order chi connectivity index (χ1) is 19.7. The van der Waals surface area contributed by atoms with E-state index in [1.54, 1.807) is 30.3 Å². The summed E-state index contributed by atoms with van der Waals surface area (Å²) in [4.78, 5) is 37.9. The largest absolute Gasteiger partial charge is 0.479 e. The number of aromatic nitrogens is 4. The Morgan fingerprint density at radius 1 is 1.20 bits per heavy atom. The number of imidazole rings is 1. The quantitative estimate of drug-likeness (QED) is 0.0563. The molecule has 224 valence electrons. The predicted molar refractivity (Wildman–Crippen MR) is 151 cm³/mol. The highest BCUT2D eigenvalue weighted by Crippen LogP contribution is 2.30. The summed E-state index contributed by atoms with van der Waals surface area (Å²) in [5.41, 5.74) is -1.58. The van der Waals surface area contributed by atoms with E-state index in [9.17, 15) is 19.8 Å². The third-order valence-corrected chi connectivity index (χ3v) is 7.54. The van der Waals surface area contributed by atoms with Crippen molar-refractivity contribution in [2.24, 2.45) is 0 Å². The molecule has 1 aromatic carbocycles. The van der Waals surface area contributed by atoms with E-state index in [1.165, 1.54) is 32.1 Å². The number of aliphatic hydroxyl groups is 1. The number of benzene rings is 1. The summed E-state index contributed by atoms with van der Waals surface area (Å²) < 4.78 is 32.7. The minimum Gasteiger partial charge on any atom is -0.479 e. The molecule has 0 bridgehead atoms. The molecule has 1 unspecified atom stereocenters. The van der Waals surface area contributed by atoms with E-state index in [4.69, 9.17) is 25.8 Å². The second kappa shape index (κ2) is 15.4. The maximum Gasteiger partial charge on any atom is 0.350 e. The molecule has 0 spiro atoms. The lowest BCUT2D eigenvalue weighted by Gasteiger charge is -2.31. The van der Waals surface area contributed by atoms with Gasteiger partial charge < -0.3 is 24.4 Å². The molecular weight excluding hydrogens is 579 g/mol. The first-order valence-corrected chi connectivity index (χ1v) is 14.5. The Labute approximate surface area is 246 Å². The monoisotopic (exact) mass is 612 g/mol. The summed E-state index contributed by atoms with van der Waals surface area (Å²) in [5.74, 6) is -1.96. The van der Waals surface area contributed by atoms with Crippen LogP contribution in [0.15, 0.2) is 41.7 Å². The highest BCUT2D eigenvalue weighted by molar-refractivity contribution is 7.99. The minimum absolute atomic E-state index is 0.0702. The molecule has 0 aliphatic carbocycles. The maximum atomic E-state index is 15.8. The lowest BCUT2D eigenvalue weighted by Crippen LogP contribution is -2.54. The third kappa shape index (κ3) is 7.92. The van der Waals surface area contributed by atoms with Crippen LogP contribution >= 0.6 is 23.4 Å². The highest BCUT2D eigenvalue weighted by atomic mass is 35.5. The zero-order valence-electron chi connectivity index (χ0n) is 23.0. The van der Waals surface area contributed by atoms with Gasteiger partial charge in [0.25, 0.3) is 5.60 Å². The number of hydrogen-bond donors (Lipinski definition) is 2. The molecule has 0 saturated heterocycles. The van der Waals surface area contributed by atoms with Crippen LogP contribution in [0.3, 0.4) is 0 Å². The molecule has 14 heteroatoms. The smallest absolute Gasteiger partial charge is 0.350 e. The van der Waals surface area contributed by atoms with Crippen LogP contribution in [0.5, 0.6) is 0 Å². The van der Waals surface area contributed by atoms with Crippen molar-refractivity contribution >= 4 is 46.5 Å². The van der Waals surface area contributed by atoms with Crippen LogP contribution in [0, 0.1) is 0 Å². The summed E-state index contributed by atoms with van der Waals surface area (Å²) in [6.07, 6.45) is -1.55. The number of alkyl halides is 1. The first-order valence-electron chi connectivity index (χ1n) is 13.1. The van der Waals surface area contributed by atoms with Gasteiger partial charge in [-0.1, -0.05) is 50.1 Å². The normalized spacial score (nSPS) is 15.3. The van der Waals surface area contributed by atoms with Gasteiger partial charge in [-0.15, -0.1) is 11.8 Å². The second-order valence-electron chi connectivity index (χ2n) is 9.14. The number of carbonyl (C=O) groups excluding carboxylic acids is 1. The van der Waals surface area contributed by atoms with Crippen molar-refractivity contribution in [2.45, 2.75) is 68.7 Å². The number of fused-ring (bicyclic) bond motifs is 1. The van der Waals surface area contributed by atoms with Gasteiger partial charge >= 0.3 is 11.9 Å². The minimum atomic E-state index is -2.47. The van der Waals surface area contributed by atoms with Gasteiger partial charge in [-0.3, -0.25) is 4.57 Å². The van der Waals surface area contributed by atoms with Crippen molar-refractivity contribution in [1.82, 2.24) is 19.5 Å². The van der Waals surface area contributed by atoms with Crippen molar-refractivity contribution in [2.75, 3.05) is 26.1 Å². The number of halogens is 2. The zero-order valence-corrected chi connectivity index (χ0v) is 24.6. The summed E-state index contributed by atoms with van der Waals surface area (Å²) in [6.45, 7) is 2.88. The van der Waals surface area contributed by atoms with Gasteiger partial charge in [0.15, 0.2) is 5.65 Å². The Kier molecular flexibility index (Phi) is 12.3. The standard InChI is InChI=1S/C27H34ClFN4O7S/c1-4-6-10-13-41-23-19-22(31-26(28)32-23)33(16-30-19)21(29)20(34)18(38-3)15-40-27(24(35)36,25(37)39-5-2)14-17-11-8-7-9-12-17/h7-9,11-12,16,18,20-21,34H,4-6,10,13-15H2,1-3H3,(H,35,36)/t18-,20-,21-,27?/m1/s1. The number of carboxylic acids is 1. The number of methoxy groups -OCH3 is 1. The van der Waals surface area contributed by atoms with E-state index in [1.807, 2.05) is 0 Å². The topological polar surface area (TPSA) is 146 Å². The zero-order chi connectivity index (χ0) is 30.0. The molecule has 0 aliphatic heterocycles. The number of unbranched alkanes of at least 4 members (excludes halogenated alkanes) is 2. The number of nitrogens with zero attached hydrogens (tertiary/aromatic N) is 4. The van der Waals surface area contributed by atoms with Crippen molar-refractivity contribution in [1.29, 1.82) is 0 Å². The molecule has 4 atom stereocenters. The van der Waals surface area contributed by atoms with Crippen LogP contribution in [0.1, 0.15) is 45.0 Å². The molecule has 3 rings (SSSR count). The molecule has 3 aromatic rings. The van der Waals surface area contributed by atoms with Gasteiger partial charge in [0, 0.05) is 13.5 Å². The number of rotatable bonds is 17. The SMILES string of the molecule is CCCCCSc1nc(Cl)nc2c1ncn2[C@@H](F)[C@H](O)[C@@H](COC(Cc1ccccc1)(C(=O)O)C(=O)OCC)OC. The van der Waals surface area contributed by atoms with Crippen LogP contribution in [-0.2, 0) is 30.2 Å². The average molecular weight is 613 g/mol. The van der Waals surface area contributed by atoms with Gasteiger partial charge in [-0.2, -0.15) is 4.98 Å². The van der Waals surface area contributed by atoms with Crippen LogP contribution < -0.4 is 0 Å². The Bertz CT molecular complexity index is 1300. The van der Waals surface area contributed by atoms with E-state index >= 15 is 4.39 Å². The van der Waals surface area contributed by atoms with Crippen LogP contribution in [0.4, 0.5) is 4.39 Å². The van der Waals surface area contributed by atoms with E-state index in [0.29, 0.717) is 16.1 Å². The van der Waals surface area contributed by atoms with Crippen molar-refractivity contribution in [3.63, 3.8) is 0 Å². The maximum absolute atomic E-state index is 15.8. The number of ether oxygens (including phenoxy) is 3. The lowest BCUT2D eigenvalue weighted by atomic mass is 9.94. The Morgan fingerprint density at radius 2 is 1.93 bits per heavy atom. The lowest BCUT2D eigenvalue weighted by molar-refractivity contribution is -0.196. The second-order valence-corrected chi connectivity index (χ2v) is 10.6. The Morgan fingerprint density at radius 3 is 2.56 bits per heavy atom. The van der Waals surface area contributed by atoms with Crippen molar-refractivity contribution < 1.29 is 38.4 Å². The van der Waals surface area contributed by atoms with E-state index in [-0.39, 0.29) is 24.0 Å². The Hall–Kier alpha value is -2.84. The molecule has 2 N–H and O–H groups in total. The molecule has 0 aliphatic rings. The fourth-order valence-corrected chi connectivity index (χ4v) is 5.27. The molecule has 0 amide bonds. The summed E-state index contributed by atoms with van der Waals surface area (Å²) >= 11 is 7.54. The van der Waals surface area contributed by atoms with Crippen LogP contribution in [0.25, 0.3) is 11.2 Å². The number of esters is 1. The van der Waals surface area contributed by atoms with E-state index in [2.05, 4.69) is 21.9 Å². The predicted octanol–water partition coefficient (Wildman–Crippen LogP) is 4.25. The molecule has 0 radical (unpaired) electrons. The summed E-state index contributed by atoms with van der Waals surface area (Å²) in [5, 5.41) is 21.4. The van der Waals surface area contributed by atoms with Crippen molar-refractivity contribution in [3.05, 3.63) is 47.5 Å². The van der Waals surface area contributed by atoms with E-state index < -0.39 is 42.7 Å². The molecule has 0 saturated carbocycles. The van der Waals surface area contributed by atoms with Gasteiger partial charge in [0.05, 0.1) is 19.5 Å². The molecule has 2 heterocycles. The van der Waals surface area contributed by atoms with Crippen molar-refractivity contribution in [3.8, 4) is 0 Å². The van der Waals surface area contributed by atoms with E-state index in [0.717, 1.165) is 29.6 Å². The molecule has 0 fully saturated rings. The van der Waals surface area contributed by atoms with Crippen LogP contribution in [-0.4, -0.2) is 85.6 Å². The number of thioether (sulfide) groups is 1. The summed E-state index contributed by atoms with van der Waals surface area (Å²) in [6, 6.07) is 8.37. The number of hydrogen-bond acceptors (Lipinski definition) is 10. The number of aliphatic hydroxyl groups excluding tert-OH is 1. The summed E-state index contributed by atoms with van der Waals surface area (Å²) in [7, 11) is 1.20. The average Bonchev–Trinajstić information content (AvgIpc) is 3.38. The van der Waals surface area contributed by atoms with Gasteiger partial charge in [0.2, 0.25) is 11.6 Å². The molecule has 41 heavy (non-hydrogen) atoms. The number of aliphatic carboxylic acids is 1. The highest BCUT2D eigenvalue weighted by Gasteiger charge is 2.50. The van der Waals surface area contributed by atoms with Gasteiger partial charge in [-0.25, -0.2) is 23.9 Å². The fraction of sp³-hybridized carbons (Fsp3) is 0.519. The number of carbonyl (C=O) groups is 2. The first kappa shape index (κ1) is 32.7. The third-order valence-electron chi connectivity index (χ3n) is 6.32. The fourth-order valence-electron chi connectivity index (χ4n) is 4.08. The van der Waals surface area contributed by atoms with Gasteiger partial charge in [0.1, 0.15) is 22.8 Å².